The lowest BCUT2D eigenvalue weighted by Crippen LogP contribution is -2.36. The zero-order valence-electron chi connectivity index (χ0n) is 11.4. The Morgan fingerprint density at radius 2 is 2.05 bits per heavy atom. The Morgan fingerprint density at radius 1 is 1.32 bits per heavy atom. The second kappa shape index (κ2) is 7.49. The molecule has 1 aromatic rings. The van der Waals surface area contributed by atoms with Crippen molar-refractivity contribution >= 4 is 23.2 Å². The van der Waals surface area contributed by atoms with Gasteiger partial charge in [-0.15, -0.1) is 11.6 Å². The van der Waals surface area contributed by atoms with Crippen LogP contribution in [0.5, 0.6) is 0 Å². The number of piperidine rings is 1. The molecule has 0 unspecified atom stereocenters. The van der Waals surface area contributed by atoms with Crippen LogP contribution in [0, 0.1) is 6.92 Å². The Bertz CT molecular complexity index is 403. The molecule has 2 rings (SSSR count). The van der Waals surface area contributed by atoms with Gasteiger partial charge in [0.2, 0.25) is 0 Å². The summed E-state index contributed by atoms with van der Waals surface area (Å²) in [6.07, 6.45) is 2.55. The summed E-state index contributed by atoms with van der Waals surface area (Å²) in [4.78, 5) is 2.44. The van der Waals surface area contributed by atoms with Crippen molar-refractivity contribution in [1.29, 1.82) is 0 Å². The average molecular weight is 302 g/mol. The molecule has 106 valence electrons. The zero-order valence-corrected chi connectivity index (χ0v) is 12.9. The van der Waals surface area contributed by atoms with Crippen molar-refractivity contribution in [3.05, 3.63) is 34.3 Å². The molecular formula is C15H21Cl2NO. The number of aryl methyl sites for hydroxylation is 1. The second-order valence-corrected chi connectivity index (χ2v) is 5.92. The summed E-state index contributed by atoms with van der Waals surface area (Å²) in [5.74, 6) is 0.583. The van der Waals surface area contributed by atoms with E-state index in [4.69, 9.17) is 27.9 Å². The lowest BCUT2D eigenvalue weighted by atomic mass is 10.1. The van der Waals surface area contributed by atoms with Gasteiger partial charge in [-0.3, -0.25) is 4.90 Å². The lowest BCUT2D eigenvalue weighted by molar-refractivity contribution is 0.0135. The number of benzene rings is 1. The number of ether oxygens (including phenoxy) is 1. The van der Waals surface area contributed by atoms with Crippen LogP contribution in [0.4, 0.5) is 0 Å². The number of likely N-dealkylation sites (tertiary alicyclic amines) is 1. The summed E-state index contributed by atoms with van der Waals surface area (Å²) < 4.78 is 5.69. The van der Waals surface area contributed by atoms with E-state index in [0.29, 0.717) is 18.6 Å². The molecule has 2 nitrogen and oxygen atoms in total. The van der Waals surface area contributed by atoms with Crippen LogP contribution in [0.3, 0.4) is 0 Å². The first-order valence-corrected chi connectivity index (χ1v) is 7.75. The Hall–Kier alpha value is -0.280. The highest BCUT2D eigenvalue weighted by Crippen LogP contribution is 2.22. The van der Waals surface area contributed by atoms with E-state index in [2.05, 4.69) is 24.0 Å². The quantitative estimate of drug-likeness (QED) is 0.766. The van der Waals surface area contributed by atoms with Gasteiger partial charge < -0.3 is 4.74 Å². The maximum absolute atomic E-state index is 6.28. The van der Waals surface area contributed by atoms with Crippen LogP contribution in [-0.2, 0) is 11.3 Å². The van der Waals surface area contributed by atoms with Crippen LogP contribution < -0.4 is 0 Å². The first kappa shape index (κ1) is 15.1. The number of hydrogen-bond acceptors (Lipinski definition) is 2. The summed E-state index contributed by atoms with van der Waals surface area (Å²) in [7, 11) is 0. The molecule has 19 heavy (non-hydrogen) atoms. The van der Waals surface area contributed by atoms with Crippen LogP contribution in [0.2, 0.25) is 5.02 Å². The third-order valence-corrected chi connectivity index (χ3v) is 4.07. The van der Waals surface area contributed by atoms with Crippen molar-refractivity contribution in [2.24, 2.45) is 0 Å². The molecule has 1 aliphatic rings. The van der Waals surface area contributed by atoms with Gasteiger partial charge in [-0.2, -0.15) is 0 Å². The predicted octanol–water partition coefficient (Wildman–Crippen LogP) is 3.87. The molecule has 1 saturated heterocycles. The molecule has 0 spiro atoms. The molecule has 0 amide bonds. The maximum atomic E-state index is 6.28. The molecule has 0 atom stereocenters. The van der Waals surface area contributed by atoms with Crippen LogP contribution in [0.15, 0.2) is 18.2 Å². The standard InChI is InChI=1S/C15H21Cl2NO/c1-12-2-3-13(15(17)10-12)11-18-7-4-14(5-8-18)19-9-6-16/h2-3,10,14H,4-9,11H2,1H3. The number of rotatable bonds is 5. The summed E-state index contributed by atoms with van der Waals surface area (Å²) in [6, 6.07) is 6.29. The van der Waals surface area contributed by atoms with E-state index in [-0.39, 0.29) is 0 Å². The normalized spacial score (nSPS) is 17.8. The summed E-state index contributed by atoms with van der Waals surface area (Å²) in [5.41, 5.74) is 2.43. The highest BCUT2D eigenvalue weighted by atomic mass is 35.5. The van der Waals surface area contributed by atoms with Crippen LogP contribution in [0.25, 0.3) is 0 Å². The van der Waals surface area contributed by atoms with Crippen molar-refractivity contribution in [3.8, 4) is 0 Å². The minimum absolute atomic E-state index is 0.378. The van der Waals surface area contributed by atoms with E-state index < -0.39 is 0 Å². The lowest BCUT2D eigenvalue weighted by Gasteiger charge is -2.32. The summed E-state index contributed by atoms with van der Waals surface area (Å²) in [5, 5.41) is 0.875. The molecule has 1 heterocycles. The van der Waals surface area contributed by atoms with E-state index in [1.807, 2.05) is 6.07 Å². The van der Waals surface area contributed by atoms with Gasteiger partial charge in [0.05, 0.1) is 12.7 Å². The molecule has 1 fully saturated rings. The molecule has 4 heteroatoms. The van der Waals surface area contributed by atoms with Crippen molar-refractivity contribution in [2.45, 2.75) is 32.4 Å². The van der Waals surface area contributed by atoms with E-state index >= 15 is 0 Å². The zero-order chi connectivity index (χ0) is 13.7. The molecule has 0 radical (unpaired) electrons. The van der Waals surface area contributed by atoms with Gasteiger partial charge in [0.25, 0.3) is 0 Å². The number of halogens is 2. The van der Waals surface area contributed by atoms with Crippen LogP contribution >= 0.6 is 23.2 Å². The molecule has 1 aliphatic heterocycles. The Kier molecular flexibility index (Phi) is 5.96. The summed E-state index contributed by atoms with van der Waals surface area (Å²) >= 11 is 11.9. The molecule has 1 aromatic carbocycles. The van der Waals surface area contributed by atoms with Crippen molar-refractivity contribution in [1.82, 2.24) is 4.90 Å². The fourth-order valence-corrected chi connectivity index (χ4v) is 2.85. The minimum Gasteiger partial charge on any atom is -0.377 e. The van der Waals surface area contributed by atoms with E-state index in [1.54, 1.807) is 0 Å². The third kappa shape index (κ3) is 4.64. The van der Waals surface area contributed by atoms with Gasteiger partial charge in [0.1, 0.15) is 0 Å². The molecule has 0 N–H and O–H groups in total. The van der Waals surface area contributed by atoms with E-state index in [9.17, 15) is 0 Å². The Labute approximate surface area is 125 Å². The predicted molar refractivity (Wildman–Crippen MR) is 81.2 cm³/mol. The third-order valence-electron chi connectivity index (χ3n) is 3.57. The first-order valence-electron chi connectivity index (χ1n) is 6.84. The monoisotopic (exact) mass is 301 g/mol. The molecule has 0 saturated carbocycles. The van der Waals surface area contributed by atoms with Crippen LogP contribution in [-0.4, -0.2) is 36.6 Å². The van der Waals surface area contributed by atoms with Gasteiger partial charge in [-0.1, -0.05) is 23.7 Å². The maximum Gasteiger partial charge on any atom is 0.0605 e. The molecular weight excluding hydrogens is 281 g/mol. The van der Waals surface area contributed by atoms with Gasteiger partial charge in [0, 0.05) is 30.5 Å². The van der Waals surface area contributed by atoms with Crippen molar-refractivity contribution in [3.63, 3.8) is 0 Å². The molecule has 0 bridgehead atoms. The fraction of sp³-hybridized carbons (Fsp3) is 0.600. The minimum atomic E-state index is 0.378. The van der Waals surface area contributed by atoms with E-state index in [0.717, 1.165) is 37.5 Å². The van der Waals surface area contributed by atoms with Gasteiger partial charge in [-0.05, 0) is 37.0 Å². The fourth-order valence-electron chi connectivity index (χ4n) is 2.47. The number of nitrogens with zero attached hydrogens (tertiary/aromatic N) is 1. The highest BCUT2D eigenvalue weighted by Gasteiger charge is 2.20. The van der Waals surface area contributed by atoms with Gasteiger partial charge in [0.15, 0.2) is 0 Å². The first-order chi connectivity index (χ1) is 9.19. The van der Waals surface area contributed by atoms with Crippen molar-refractivity contribution < 1.29 is 4.74 Å². The Balaban J connectivity index is 1.82. The Morgan fingerprint density at radius 3 is 2.68 bits per heavy atom. The molecule has 0 aliphatic carbocycles. The highest BCUT2D eigenvalue weighted by molar-refractivity contribution is 6.31. The van der Waals surface area contributed by atoms with Crippen molar-refractivity contribution in [2.75, 3.05) is 25.6 Å². The molecule has 0 aromatic heterocycles. The second-order valence-electron chi connectivity index (χ2n) is 5.13. The number of alkyl halides is 1. The van der Waals surface area contributed by atoms with Gasteiger partial charge in [-0.25, -0.2) is 0 Å². The summed E-state index contributed by atoms with van der Waals surface area (Å²) in [6.45, 7) is 5.79. The van der Waals surface area contributed by atoms with Crippen LogP contribution in [0.1, 0.15) is 24.0 Å². The average Bonchev–Trinajstić information content (AvgIpc) is 2.41. The van der Waals surface area contributed by atoms with E-state index in [1.165, 1.54) is 11.1 Å². The smallest absolute Gasteiger partial charge is 0.0605 e. The topological polar surface area (TPSA) is 12.5 Å². The SMILES string of the molecule is Cc1ccc(CN2CCC(OCCCl)CC2)c(Cl)c1. The van der Waals surface area contributed by atoms with Gasteiger partial charge >= 0.3 is 0 Å². The largest absolute Gasteiger partial charge is 0.377 e. The number of hydrogen-bond donors (Lipinski definition) is 0.